The highest BCUT2D eigenvalue weighted by Crippen LogP contribution is 2.31. The van der Waals surface area contributed by atoms with Crippen LogP contribution < -0.4 is 31.9 Å². The minimum Gasteiger partial charge on any atom is -0.506 e. The van der Waals surface area contributed by atoms with Crippen molar-refractivity contribution in [2.75, 3.05) is 13.6 Å². The standard InChI is InChI=1S/C45H63ClN8O9/c1-8-26(6)38(44(61)62)53-45(63)51-31-16-12-13-17-47-39(56)33(19-27-14-10-9-11-15-27)49-41(58)35(20-28-23-48-32-22-30(46)36(55)21-29(28)32)54(7)43(60)34(18-24(2)3)50-42(59)37(25(4)5)52-40(31)57/h9-11,14-15,21-26,31,33-35,37-38,48,55H,8,12-13,16-20H2,1-7H3,(H,47,56)(H,49,58)(H,50,59)(H,52,57)(H,61,62)(H2,51,53,63). The van der Waals surface area contributed by atoms with Crippen LogP contribution in [-0.4, -0.2) is 111 Å². The summed E-state index contributed by atoms with van der Waals surface area (Å²) in [5.74, 6) is -5.55. The Labute approximate surface area is 373 Å². The Kier molecular flexibility index (Phi) is 18.2. The van der Waals surface area contributed by atoms with Crippen molar-refractivity contribution in [3.05, 3.63) is 64.8 Å². The van der Waals surface area contributed by atoms with Gasteiger partial charge in [-0.25, -0.2) is 9.59 Å². The summed E-state index contributed by atoms with van der Waals surface area (Å²) >= 11 is 6.18. The van der Waals surface area contributed by atoms with Crippen molar-refractivity contribution in [3.63, 3.8) is 0 Å². The number of aromatic hydroxyl groups is 1. The second-order valence-electron chi connectivity index (χ2n) is 17.2. The lowest BCUT2D eigenvalue weighted by molar-refractivity contribution is -0.143. The smallest absolute Gasteiger partial charge is 0.326 e. The van der Waals surface area contributed by atoms with E-state index >= 15 is 0 Å². The fourth-order valence-corrected chi connectivity index (χ4v) is 7.71. The lowest BCUT2D eigenvalue weighted by Crippen LogP contribution is -2.61. The van der Waals surface area contributed by atoms with Crippen LogP contribution in [0.5, 0.6) is 5.75 Å². The summed E-state index contributed by atoms with van der Waals surface area (Å²) in [4.78, 5) is 101. The minimum atomic E-state index is -1.23. The number of aromatic nitrogens is 1. The van der Waals surface area contributed by atoms with E-state index in [2.05, 4.69) is 36.9 Å². The van der Waals surface area contributed by atoms with Crippen LogP contribution in [0.4, 0.5) is 4.79 Å². The van der Waals surface area contributed by atoms with Crippen molar-refractivity contribution in [1.82, 2.24) is 41.8 Å². The Balaban J connectivity index is 1.75. The van der Waals surface area contributed by atoms with Crippen molar-refractivity contribution in [1.29, 1.82) is 0 Å². The number of phenolic OH excluding ortho intramolecular Hbond substituents is 1. The van der Waals surface area contributed by atoms with Gasteiger partial charge in [0.15, 0.2) is 0 Å². The zero-order valence-corrected chi connectivity index (χ0v) is 37.8. The first-order valence-corrected chi connectivity index (χ1v) is 22.0. The third-order valence-corrected chi connectivity index (χ3v) is 11.8. The molecule has 63 heavy (non-hydrogen) atoms. The number of halogens is 1. The van der Waals surface area contributed by atoms with Crippen molar-refractivity contribution < 1.29 is 43.8 Å². The maximum atomic E-state index is 14.7. The van der Waals surface area contributed by atoms with Gasteiger partial charge in [0.05, 0.1) is 5.02 Å². The van der Waals surface area contributed by atoms with Gasteiger partial charge in [-0.2, -0.15) is 0 Å². The molecule has 2 aromatic carbocycles. The number of urea groups is 1. The predicted octanol–water partition coefficient (Wildman–Crippen LogP) is 3.76. The van der Waals surface area contributed by atoms with Crippen LogP contribution >= 0.6 is 11.6 Å². The van der Waals surface area contributed by atoms with Gasteiger partial charge in [-0.3, -0.25) is 24.0 Å². The first kappa shape index (κ1) is 49.8. The number of H-pyrrole nitrogens is 1. The molecule has 344 valence electrons. The Bertz CT molecular complexity index is 2090. The number of carbonyl (C=O) groups is 7. The molecule has 0 bridgehead atoms. The third-order valence-electron chi connectivity index (χ3n) is 11.5. The Morgan fingerprint density at radius 3 is 2.21 bits per heavy atom. The number of nitrogens with one attached hydrogen (secondary N) is 7. The summed E-state index contributed by atoms with van der Waals surface area (Å²) in [5, 5.41) is 37.4. The van der Waals surface area contributed by atoms with Gasteiger partial charge in [-0.05, 0) is 66.7 Å². The van der Waals surface area contributed by atoms with Gasteiger partial charge in [0.25, 0.3) is 0 Å². The summed E-state index contributed by atoms with van der Waals surface area (Å²) in [7, 11) is 1.45. The average molecular weight is 895 g/mol. The number of rotatable bonds is 12. The molecule has 1 aromatic heterocycles. The van der Waals surface area contributed by atoms with E-state index in [-0.39, 0.29) is 48.9 Å². The number of hydrogen-bond acceptors (Lipinski definition) is 8. The van der Waals surface area contributed by atoms with Gasteiger partial charge < -0.3 is 52.0 Å². The predicted molar refractivity (Wildman–Crippen MR) is 239 cm³/mol. The second-order valence-corrected chi connectivity index (χ2v) is 17.6. The summed E-state index contributed by atoms with van der Waals surface area (Å²) in [6.45, 7) is 10.8. The van der Waals surface area contributed by atoms with E-state index in [1.54, 1.807) is 40.0 Å². The molecule has 9 N–H and O–H groups in total. The fraction of sp³-hybridized carbons (Fsp3) is 0.533. The number of aromatic amines is 1. The Hall–Kier alpha value is -5.84. The van der Waals surface area contributed by atoms with Gasteiger partial charge in [0.1, 0.15) is 42.0 Å². The molecular formula is C45H63ClN8O9. The summed E-state index contributed by atoms with van der Waals surface area (Å²) < 4.78 is 0. The van der Waals surface area contributed by atoms with Crippen molar-refractivity contribution in [2.24, 2.45) is 17.8 Å². The molecule has 1 saturated heterocycles. The largest absolute Gasteiger partial charge is 0.506 e. The molecule has 7 unspecified atom stereocenters. The molecule has 7 amide bonds. The number of benzene rings is 2. The highest BCUT2D eigenvalue weighted by Gasteiger charge is 2.37. The number of carboxylic acid groups (broad SMARTS) is 1. The first-order chi connectivity index (χ1) is 29.8. The van der Waals surface area contributed by atoms with Crippen molar-refractivity contribution >= 4 is 64.0 Å². The molecule has 4 rings (SSSR count). The van der Waals surface area contributed by atoms with Crippen molar-refractivity contribution in [3.8, 4) is 5.75 Å². The van der Waals surface area contributed by atoms with E-state index in [9.17, 15) is 43.8 Å². The highest BCUT2D eigenvalue weighted by atomic mass is 35.5. The molecule has 1 aliphatic heterocycles. The number of aliphatic carboxylic acids is 1. The molecule has 17 nitrogen and oxygen atoms in total. The molecule has 1 fully saturated rings. The highest BCUT2D eigenvalue weighted by molar-refractivity contribution is 6.32. The SMILES string of the molecule is CCC(C)C(NC(=O)NC1CCCCNC(=O)C(Cc2ccccc2)NC(=O)C(Cc2c[nH]c3cc(Cl)c(O)cc23)N(C)C(=O)C(CC(C)C)NC(=O)C(C(C)C)NC1=O)C(=O)O. The lowest BCUT2D eigenvalue weighted by Gasteiger charge is -2.33. The molecule has 3 aromatic rings. The van der Waals surface area contributed by atoms with E-state index in [0.29, 0.717) is 35.7 Å². The number of nitrogens with zero attached hydrogens (tertiary/aromatic N) is 1. The minimum absolute atomic E-state index is 0.0611. The van der Waals surface area contributed by atoms with Gasteiger partial charge in [-0.15, -0.1) is 0 Å². The molecule has 0 radical (unpaired) electrons. The van der Waals surface area contributed by atoms with Crippen LogP contribution in [0.2, 0.25) is 5.02 Å². The van der Waals surface area contributed by atoms with Gasteiger partial charge in [-0.1, -0.05) is 89.9 Å². The summed E-state index contributed by atoms with van der Waals surface area (Å²) in [6, 6.07) is 4.14. The number of phenols is 1. The number of hydrogen-bond donors (Lipinski definition) is 9. The topological polar surface area (TPSA) is 251 Å². The molecule has 2 heterocycles. The Morgan fingerprint density at radius 1 is 0.889 bits per heavy atom. The number of carbonyl (C=O) groups excluding carboxylic acids is 6. The molecular weight excluding hydrogens is 832 g/mol. The molecule has 0 spiro atoms. The van der Waals surface area contributed by atoms with Crippen LogP contribution in [0.25, 0.3) is 10.9 Å². The van der Waals surface area contributed by atoms with Gasteiger partial charge in [0, 0.05) is 43.5 Å². The van der Waals surface area contributed by atoms with E-state index < -0.39 is 89.6 Å². The van der Waals surface area contributed by atoms with Crippen LogP contribution in [0.1, 0.15) is 84.8 Å². The maximum absolute atomic E-state index is 14.7. The quantitative estimate of drug-likeness (QED) is 0.128. The third kappa shape index (κ3) is 13.8. The number of fused-ring (bicyclic) bond motifs is 1. The molecule has 1 aliphatic rings. The fourth-order valence-electron chi connectivity index (χ4n) is 7.54. The summed E-state index contributed by atoms with van der Waals surface area (Å²) in [6.07, 6.45) is 3.04. The van der Waals surface area contributed by atoms with Gasteiger partial charge >= 0.3 is 12.0 Å². The van der Waals surface area contributed by atoms with E-state index in [1.807, 2.05) is 44.2 Å². The summed E-state index contributed by atoms with van der Waals surface area (Å²) in [5.41, 5.74) is 1.92. The number of carboxylic acids is 1. The average Bonchev–Trinajstić information content (AvgIpc) is 3.61. The maximum Gasteiger partial charge on any atom is 0.326 e. The van der Waals surface area contributed by atoms with Gasteiger partial charge in [0.2, 0.25) is 29.5 Å². The normalized spacial score (nSPS) is 22.2. The molecule has 7 atom stereocenters. The molecule has 0 aliphatic carbocycles. The number of amides is 7. The van der Waals surface area contributed by atoms with Crippen LogP contribution in [-0.2, 0) is 41.6 Å². The number of likely N-dealkylation sites (N-methyl/N-ethyl adjacent to an activating group) is 1. The molecule has 18 heteroatoms. The Morgan fingerprint density at radius 2 is 1.57 bits per heavy atom. The second kappa shape index (κ2) is 23.0. The van der Waals surface area contributed by atoms with E-state index in [1.165, 1.54) is 18.0 Å². The van der Waals surface area contributed by atoms with E-state index in [4.69, 9.17) is 11.6 Å². The van der Waals surface area contributed by atoms with Crippen LogP contribution in [0, 0.1) is 17.8 Å². The van der Waals surface area contributed by atoms with Crippen LogP contribution in [0.15, 0.2) is 48.7 Å². The van der Waals surface area contributed by atoms with Crippen molar-refractivity contribution in [2.45, 2.75) is 123 Å². The zero-order valence-electron chi connectivity index (χ0n) is 37.0. The lowest BCUT2D eigenvalue weighted by atomic mass is 9.97. The van der Waals surface area contributed by atoms with Crippen LogP contribution in [0.3, 0.4) is 0 Å². The first-order valence-electron chi connectivity index (χ1n) is 21.6. The monoisotopic (exact) mass is 894 g/mol. The zero-order chi connectivity index (χ0) is 46.5. The van der Waals surface area contributed by atoms with E-state index in [0.717, 1.165) is 5.56 Å². The molecule has 0 saturated carbocycles.